The third kappa shape index (κ3) is 3.21. The number of aromatic amines is 1. The lowest BCUT2D eigenvalue weighted by molar-refractivity contribution is 0.262. The molecule has 2 aromatic rings. The number of nitrogens with zero attached hydrogens (tertiary/aromatic N) is 2. The predicted octanol–water partition coefficient (Wildman–Crippen LogP) is 1.16. The number of carbonyl (C=O) groups excluding carboxylic acids is 1. The van der Waals surface area contributed by atoms with Gasteiger partial charge in [0.05, 0.1) is 24.6 Å². The fourth-order valence-electron chi connectivity index (χ4n) is 1.64. The van der Waals surface area contributed by atoms with E-state index in [2.05, 4.69) is 26.0 Å². The molecule has 2 amide bonds. The highest BCUT2D eigenvalue weighted by atomic mass is 16.5. The van der Waals surface area contributed by atoms with E-state index in [1.807, 2.05) is 0 Å². The summed E-state index contributed by atoms with van der Waals surface area (Å²) < 4.78 is 5.13. The standard InChI is InChI=1S/C12H14N6O3/c1-21-9-5-3-2-4-8(9)15-12(19)16-11-7(6-14-17-11)10(13)18-20/h2-6,20H,1H3,(H2,13,18)(H3,14,15,16,17,19). The lowest BCUT2D eigenvalue weighted by Gasteiger charge is -2.10. The number of anilines is 2. The zero-order valence-corrected chi connectivity index (χ0v) is 11.1. The number of carbonyl (C=O) groups is 1. The first-order valence-electron chi connectivity index (χ1n) is 5.88. The summed E-state index contributed by atoms with van der Waals surface area (Å²) in [6, 6.07) is 6.42. The van der Waals surface area contributed by atoms with Crippen LogP contribution in [0.1, 0.15) is 5.56 Å². The highest BCUT2D eigenvalue weighted by Crippen LogP contribution is 2.23. The molecule has 0 aliphatic rings. The monoisotopic (exact) mass is 290 g/mol. The van der Waals surface area contributed by atoms with Crippen molar-refractivity contribution < 1.29 is 14.7 Å². The summed E-state index contributed by atoms with van der Waals surface area (Å²) in [7, 11) is 1.50. The summed E-state index contributed by atoms with van der Waals surface area (Å²) in [6.45, 7) is 0. The van der Waals surface area contributed by atoms with E-state index < -0.39 is 6.03 Å². The molecule has 0 aliphatic heterocycles. The van der Waals surface area contributed by atoms with Crippen LogP contribution < -0.4 is 21.1 Å². The summed E-state index contributed by atoms with van der Waals surface area (Å²) in [4.78, 5) is 11.9. The zero-order chi connectivity index (χ0) is 15.2. The van der Waals surface area contributed by atoms with Gasteiger partial charge >= 0.3 is 6.03 Å². The second-order valence-electron chi connectivity index (χ2n) is 3.92. The van der Waals surface area contributed by atoms with Crippen molar-refractivity contribution in [1.29, 1.82) is 0 Å². The first-order valence-corrected chi connectivity index (χ1v) is 5.88. The van der Waals surface area contributed by atoms with Gasteiger partial charge in [-0.25, -0.2) is 4.79 Å². The molecule has 9 nitrogen and oxygen atoms in total. The number of nitrogens with two attached hydrogens (primary N) is 1. The van der Waals surface area contributed by atoms with Gasteiger partial charge in [-0.15, -0.1) is 0 Å². The van der Waals surface area contributed by atoms with Crippen molar-refractivity contribution in [2.45, 2.75) is 0 Å². The summed E-state index contributed by atoms with van der Waals surface area (Å²) in [6.07, 6.45) is 1.33. The summed E-state index contributed by atoms with van der Waals surface area (Å²) in [5.74, 6) is 0.558. The van der Waals surface area contributed by atoms with Gasteiger partial charge in [0.15, 0.2) is 5.84 Å². The summed E-state index contributed by atoms with van der Waals surface area (Å²) in [5, 5.41) is 22.9. The number of para-hydroxylation sites is 2. The number of methoxy groups -OCH3 is 1. The number of ether oxygens (including phenoxy) is 1. The number of benzene rings is 1. The molecular weight excluding hydrogens is 276 g/mol. The number of rotatable bonds is 4. The third-order valence-corrected chi connectivity index (χ3v) is 2.62. The number of hydrogen-bond donors (Lipinski definition) is 5. The fourth-order valence-corrected chi connectivity index (χ4v) is 1.64. The van der Waals surface area contributed by atoms with E-state index in [0.717, 1.165) is 0 Å². The summed E-state index contributed by atoms with van der Waals surface area (Å²) >= 11 is 0. The molecule has 0 fully saturated rings. The Morgan fingerprint density at radius 2 is 2.19 bits per heavy atom. The molecule has 0 radical (unpaired) electrons. The maximum Gasteiger partial charge on any atom is 0.324 e. The molecular formula is C12H14N6O3. The lowest BCUT2D eigenvalue weighted by Crippen LogP contribution is -2.22. The quantitative estimate of drug-likeness (QED) is 0.249. The maximum atomic E-state index is 11.9. The second-order valence-corrected chi connectivity index (χ2v) is 3.92. The van der Waals surface area contributed by atoms with Crippen LogP contribution in [0.15, 0.2) is 35.6 Å². The highest BCUT2D eigenvalue weighted by Gasteiger charge is 2.13. The summed E-state index contributed by atoms with van der Waals surface area (Å²) in [5.41, 5.74) is 6.23. The van der Waals surface area contributed by atoms with Gasteiger partial charge in [0, 0.05) is 0 Å². The van der Waals surface area contributed by atoms with E-state index in [9.17, 15) is 4.79 Å². The number of amidine groups is 1. The lowest BCUT2D eigenvalue weighted by atomic mass is 10.3. The van der Waals surface area contributed by atoms with Crippen LogP contribution in [0.4, 0.5) is 16.3 Å². The van der Waals surface area contributed by atoms with E-state index in [-0.39, 0.29) is 17.2 Å². The van der Waals surface area contributed by atoms with Gasteiger partial charge in [0.2, 0.25) is 0 Å². The van der Waals surface area contributed by atoms with E-state index in [0.29, 0.717) is 11.4 Å². The molecule has 110 valence electrons. The minimum atomic E-state index is -0.532. The predicted molar refractivity (Wildman–Crippen MR) is 76.7 cm³/mol. The van der Waals surface area contributed by atoms with E-state index >= 15 is 0 Å². The molecule has 2 rings (SSSR count). The minimum Gasteiger partial charge on any atom is -0.495 e. The maximum absolute atomic E-state index is 11.9. The average Bonchev–Trinajstić information content (AvgIpc) is 2.95. The van der Waals surface area contributed by atoms with Gasteiger partial charge < -0.3 is 21.0 Å². The van der Waals surface area contributed by atoms with Crippen molar-refractivity contribution in [3.8, 4) is 5.75 Å². The number of urea groups is 1. The Hall–Kier alpha value is -3.23. The normalized spacial score (nSPS) is 11.0. The Morgan fingerprint density at radius 3 is 2.90 bits per heavy atom. The number of oxime groups is 1. The molecule has 9 heteroatoms. The van der Waals surface area contributed by atoms with Crippen LogP contribution in [0.25, 0.3) is 0 Å². The van der Waals surface area contributed by atoms with Crippen LogP contribution in [0, 0.1) is 0 Å². The molecule has 1 heterocycles. The van der Waals surface area contributed by atoms with Gasteiger partial charge in [-0.05, 0) is 12.1 Å². The molecule has 6 N–H and O–H groups in total. The van der Waals surface area contributed by atoms with E-state index in [1.165, 1.54) is 13.3 Å². The molecule has 21 heavy (non-hydrogen) atoms. The largest absolute Gasteiger partial charge is 0.495 e. The molecule has 0 aliphatic carbocycles. The smallest absolute Gasteiger partial charge is 0.324 e. The van der Waals surface area contributed by atoms with Gasteiger partial charge in [0.25, 0.3) is 0 Å². The second kappa shape index (κ2) is 6.28. The van der Waals surface area contributed by atoms with Crippen LogP contribution in [-0.2, 0) is 0 Å². The van der Waals surface area contributed by atoms with Crippen LogP contribution in [0.2, 0.25) is 0 Å². The molecule has 0 saturated heterocycles. The minimum absolute atomic E-state index is 0.170. The van der Waals surface area contributed by atoms with Crippen molar-refractivity contribution >= 4 is 23.4 Å². The molecule has 0 atom stereocenters. The average molecular weight is 290 g/mol. The molecule has 1 aromatic carbocycles. The number of H-pyrrole nitrogens is 1. The van der Waals surface area contributed by atoms with Crippen molar-refractivity contribution in [2.24, 2.45) is 10.9 Å². The Bertz CT molecular complexity index is 667. The molecule has 1 aromatic heterocycles. The van der Waals surface area contributed by atoms with Crippen molar-refractivity contribution in [2.75, 3.05) is 17.7 Å². The van der Waals surface area contributed by atoms with E-state index in [1.54, 1.807) is 24.3 Å². The van der Waals surface area contributed by atoms with Gasteiger partial charge in [-0.3, -0.25) is 10.4 Å². The van der Waals surface area contributed by atoms with Crippen LogP contribution in [-0.4, -0.2) is 34.4 Å². The Kier molecular flexibility index (Phi) is 4.24. The number of nitrogens with one attached hydrogen (secondary N) is 3. The highest BCUT2D eigenvalue weighted by molar-refractivity contribution is 6.06. The number of amides is 2. The number of hydrogen-bond acceptors (Lipinski definition) is 5. The first kappa shape index (κ1) is 14.2. The molecule has 0 spiro atoms. The Morgan fingerprint density at radius 1 is 1.43 bits per heavy atom. The Balaban J connectivity index is 2.11. The fraction of sp³-hybridized carbons (Fsp3) is 0.0833. The Labute approximate surface area is 119 Å². The van der Waals surface area contributed by atoms with Gasteiger partial charge in [0.1, 0.15) is 11.6 Å². The molecule has 0 unspecified atom stereocenters. The van der Waals surface area contributed by atoms with Crippen LogP contribution in [0.3, 0.4) is 0 Å². The molecule has 0 saturated carbocycles. The third-order valence-electron chi connectivity index (χ3n) is 2.62. The van der Waals surface area contributed by atoms with Crippen LogP contribution >= 0.6 is 0 Å². The van der Waals surface area contributed by atoms with Crippen LogP contribution in [0.5, 0.6) is 5.75 Å². The van der Waals surface area contributed by atoms with Crippen molar-refractivity contribution in [1.82, 2.24) is 10.2 Å². The van der Waals surface area contributed by atoms with Crippen molar-refractivity contribution in [3.05, 3.63) is 36.0 Å². The number of aromatic nitrogens is 2. The SMILES string of the molecule is COc1ccccc1NC(=O)Nc1[nH]ncc1C(N)=NO. The topological polar surface area (TPSA) is 138 Å². The van der Waals surface area contributed by atoms with Crippen molar-refractivity contribution in [3.63, 3.8) is 0 Å². The van der Waals surface area contributed by atoms with Gasteiger partial charge in [-0.1, -0.05) is 17.3 Å². The first-order chi connectivity index (χ1) is 10.2. The zero-order valence-electron chi connectivity index (χ0n) is 11.1. The van der Waals surface area contributed by atoms with Gasteiger partial charge in [-0.2, -0.15) is 5.10 Å². The van der Waals surface area contributed by atoms with E-state index in [4.69, 9.17) is 15.7 Å². The molecule has 0 bridgehead atoms.